The van der Waals surface area contributed by atoms with Crippen LogP contribution in [0.4, 0.5) is 0 Å². The number of carbonyl (C=O) groups excluding carboxylic acids is 1. The Bertz CT molecular complexity index is 516. The molecule has 1 aromatic rings. The van der Waals surface area contributed by atoms with Crippen molar-refractivity contribution in [3.05, 3.63) is 32.6 Å². The SMILES string of the molecule is O=C(NC(CO)C(=O)O)c1cc(=O)[nH]c(=O)[nH]1. The predicted molar refractivity (Wildman–Crippen MR) is 53.7 cm³/mol. The van der Waals surface area contributed by atoms with Gasteiger partial charge in [0.05, 0.1) is 6.61 Å². The van der Waals surface area contributed by atoms with Crippen molar-refractivity contribution in [2.45, 2.75) is 6.04 Å². The molecule has 17 heavy (non-hydrogen) atoms. The first-order valence-electron chi connectivity index (χ1n) is 4.42. The van der Waals surface area contributed by atoms with Crippen molar-refractivity contribution in [2.75, 3.05) is 6.61 Å². The van der Waals surface area contributed by atoms with E-state index in [9.17, 15) is 19.2 Å². The number of carboxylic acid groups (broad SMARTS) is 1. The Hall–Kier alpha value is -2.42. The number of nitrogens with one attached hydrogen (secondary N) is 3. The number of aromatic amines is 2. The van der Waals surface area contributed by atoms with Crippen LogP contribution in [-0.2, 0) is 4.79 Å². The van der Waals surface area contributed by atoms with E-state index in [1.165, 1.54) is 0 Å². The minimum Gasteiger partial charge on any atom is -0.480 e. The number of aromatic nitrogens is 2. The fourth-order valence-electron chi connectivity index (χ4n) is 1.01. The number of amides is 1. The fourth-order valence-corrected chi connectivity index (χ4v) is 1.01. The molecule has 0 aromatic carbocycles. The summed E-state index contributed by atoms with van der Waals surface area (Å²) in [6, 6.07) is -0.710. The van der Waals surface area contributed by atoms with Crippen LogP contribution >= 0.6 is 0 Å². The smallest absolute Gasteiger partial charge is 0.328 e. The van der Waals surface area contributed by atoms with Crippen LogP contribution < -0.4 is 16.6 Å². The molecule has 5 N–H and O–H groups in total. The quantitative estimate of drug-likeness (QED) is 0.386. The highest BCUT2D eigenvalue weighted by Gasteiger charge is 2.20. The number of carboxylic acids is 1. The molecular weight excluding hydrogens is 234 g/mol. The second kappa shape index (κ2) is 5.07. The molecule has 1 heterocycles. The van der Waals surface area contributed by atoms with Gasteiger partial charge in [0, 0.05) is 6.07 Å². The molecule has 1 atom stereocenters. The van der Waals surface area contributed by atoms with Crippen molar-refractivity contribution < 1.29 is 19.8 Å². The van der Waals surface area contributed by atoms with Crippen LogP contribution in [0.3, 0.4) is 0 Å². The zero-order chi connectivity index (χ0) is 13.0. The van der Waals surface area contributed by atoms with Gasteiger partial charge in [0.2, 0.25) is 0 Å². The van der Waals surface area contributed by atoms with Crippen molar-refractivity contribution in [3.63, 3.8) is 0 Å². The molecule has 0 aliphatic carbocycles. The summed E-state index contributed by atoms with van der Waals surface area (Å²) in [6.45, 7) is -0.811. The average Bonchev–Trinajstić information content (AvgIpc) is 2.23. The van der Waals surface area contributed by atoms with Gasteiger partial charge in [0.1, 0.15) is 5.69 Å². The van der Waals surface area contributed by atoms with Gasteiger partial charge in [-0.15, -0.1) is 0 Å². The monoisotopic (exact) mass is 243 g/mol. The van der Waals surface area contributed by atoms with Gasteiger partial charge < -0.3 is 20.5 Å². The highest BCUT2D eigenvalue weighted by Crippen LogP contribution is 1.89. The number of aliphatic hydroxyl groups is 1. The van der Waals surface area contributed by atoms with Crippen LogP contribution in [0.15, 0.2) is 15.7 Å². The maximum Gasteiger partial charge on any atom is 0.328 e. The van der Waals surface area contributed by atoms with E-state index < -0.39 is 41.5 Å². The molecule has 1 rings (SSSR count). The molecule has 0 aliphatic rings. The van der Waals surface area contributed by atoms with E-state index in [1.54, 1.807) is 0 Å². The van der Waals surface area contributed by atoms with Crippen LogP contribution in [0.5, 0.6) is 0 Å². The summed E-state index contributed by atoms with van der Waals surface area (Å²) in [5, 5.41) is 19.2. The maximum atomic E-state index is 11.4. The lowest BCUT2D eigenvalue weighted by Gasteiger charge is -2.10. The number of H-pyrrole nitrogens is 2. The van der Waals surface area contributed by atoms with E-state index >= 15 is 0 Å². The second-order valence-corrected chi connectivity index (χ2v) is 3.05. The summed E-state index contributed by atoms with van der Waals surface area (Å²) >= 11 is 0. The van der Waals surface area contributed by atoms with E-state index in [0.29, 0.717) is 0 Å². The van der Waals surface area contributed by atoms with Gasteiger partial charge in [-0.05, 0) is 0 Å². The summed E-state index contributed by atoms with van der Waals surface area (Å²) in [6.07, 6.45) is 0. The molecule has 0 bridgehead atoms. The maximum absolute atomic E-state index is 11.4. The molecule has 9 heteroatoms. The van der Waals surface area contributed by atoms with Gasteiger partial charge in [0.25, 0.3) is 11.5 Å². The molecule has 0 saturated carbocycles. The number of carbonyl (C=O) groups is 2. The molecule has 0 radical (unpaired) electrons. The van der Waals surface area contributed by atoms with Crippen molar-refractivity contribution in [2.24, 2.45) is 0 Å². The highest BCUT2D eigenvalue weighted by atomic mass is 16.4. The van der Waals surface area contributed by atoms with Gasteiger partial charge in [0.15, 0.2) is 6.04 Å². The zero-order valence-electron chi connectivity index (χ0n) is 8.39. The average molecular weight is 243 g/mol. The number of aliphatic carboxylic acids is 1. The van der Waals surface area contributed by atoms with Crippen LogP contribution in [0.1, 0.15) is 10.5 Å². The third-order valence-electron chi connectivity index (χ3n) is 1.79. The van der Waals surface area contributed by atoms with Crippen LogP contribution in [0, 0.1) is 0 Å². The summed E-state index contributed by atoms with van der Waals surface area (Å²) in [5.41, 5.74) is -2.08. The van der Waals surface area contributed by atoms with E-state index in [2.05, 4.69) is 0 Å². The summed E-state index contributed by atoms with van der Waals surface area (Å²) in [4.78, 5) is 47.5. The molecular formula is C8H9N3O6. The third-order valence-corrected chi connectivity index (χ3v) is 1.79. The summed E-state index contributed by atoms with van der Waals surface area (Å²) in [7, 11) is 0. The lowest BCUT2D eigenvalue weighted by Crippen LogP contribution is -2.44. The van der Waals surface area contributed by atoms with Crippen molar-refractivity contribution in [3.8, 4) is 0 Å². The first-order chi connectivity index (χ1) is 7.93. The van der Waals surface area contributed by atoms with E-state index in [1.807, 2.05) is 15.3 Å². The Morgan fingerprint density at radius 1 is 1.35 bits per heavy atom. The van der Waals surface area contributed by atoms with Gasteiger partial charge in [-0.25, -0.2) is 9.59 Å². The standard InChI is InChI=1S/C8H9N3O6/c12-2-4(7(15)16)9-6(14)3-1-5(13)11-8(17)10-3/h1,4,12H,2H2,(H,9,14)(H,15,16)(H2,10,11,13,17). The Labute approximate surface area is 93.1 Å². The lowest BCUT2D eigenvalue weighted by molar-refractivity contribution is -0.140. The largest absolute Gasteiger partial charge is 0.480 e. The summed E-state index contributed by atoms with van der Waals surface area (Å²) < 4.78 is 0. The third kappa shape index (κ3) is 3.28. The van der Waals surface area contributed by atoms with Crippen molar-refractivity contribution >= 4 is 11.9 Å². The molecule has 0 saturated heterocycles. The minimum absolute atomic E-state index is 0.390. The topological polar surface area (TPSA) is 152 Å². The van der Waals surface area contributed by atoms with Gasteiger partial charge in [-0.1, -0.05) is 0 Å². The number of hydrogen-bond acceptors (Lipinski definition) is 5. The molecule has 9 nitrogen and oxygen atoms in total. The number of hydrogen-bond donors (Lipinski definition) is 5. The lowest BCUT2D eigenvalue weighted by atomic mass is 10.3. The first-order valence-corrected chi connectivity index (χ1v) is 4.42. The molecule has 0 fully saturated rings. The minimum atomic E-state index is -1.51. The Balaban J connectivity index is 2.93. The van der Waals surface area contributed by atoms with E-state index in [-0.39, 0.29) is 0 Å². The molecule has 92 valence electrons. The molecule has 1 amide bonds. The van der Waals surface area contributed by atoms with E-state index in [0.717, 1.165) is 6.07 Å². The number of rotatable bonds is 4. The zero-order valence-corrected chi connectivity index (χ0v) is 8.39. The molecule has 0 spiro atoms. The van der Waals surface area contributed by atoms with Crippen LogP contribution in [-0.4, -0.2) is 44.7 Å². The van der Waals surface area contributed by atoms with Crippen LogP contribution in [0.2, 0.25) is 0 Å². The Morgan fingerprint density at radius 3 is 2.47 bits per heavy atom. The van der Waals surface area contributed by atoms with E-state index in [4.69, 9.17) is 10.2 Å². The normalized spacial score (nSPS) is 11.8. The van der Waals surface area contributed by atoms with Crippen molar-refractivity contribution in [1.82, 2.24) is 15.3 Å². The van der Waals surface area contributed by atoms with Crippen LogP contribution in [0.25, 0.3) is 0 Å². The Kier molecular flexibility index (Phi) is 3.78. The van der Waals surface area contributed by atoms with Gasteiger partial charge in [-0.2, -0.15) is 0 Å². The van der Waals surface area contributed by atoms with Crippen molar-refractivity contribution in [1.29, 1.82) is 0 Å². The Morgan fingerprint density at radius 2 is 2.00 bits per heavy atom. The molecule has 0 aliphatic heterocycles. The molecule has 1 aromatic heterocycles. The first kappa shape index (κ1) is 12.6. The highest BCUT2D eigenvalue weighted by molar-refractivity contribution is 5.94. The molecule has 1 unspecified atom stereocenters. The van der Waals surface area contributed by atoms with Gasteiger partial charge in [-0.3, -0.25) is 14.6 Å². The number of aliphatic hydroxyl groups excluding tert-OH is 1. The predicted octanol–water partition coefficient (Wildman–Crippen LogP) is -2.76. The summed E-state index contributed by atoms with van der Waals surface area (Å²) in [5.74, 6) is -2.41. The van der Waals surface area contributed by atoms with Gasteiger partial charge >= 0.3 is 11.7 Å². The fraction of sp³-hybridized carbons (Fsp3) is 0.250. The second-order valence-electron chi connectivity index (χ2n) is 3.05.